The molecular formula is C28H56O2. The van der Waals surface area contributed by atoms with Crippen molar-refractivity contribution in [2.24, 2.45) is 5.41 Å². The van der Waals surface area contributed by atoms with Gasteiger partial charge in [-0.1, -0.05) is 117 Å². The molecule has 0 aliphatic rings. The molecule has 30 heavy (non-hydrogen) atoms. The number of ether oxygens (including phenoxy) is 1. The summed E-state index contributed by atoms with van der Waals surface area (Å²) in [5.41, 5.74) is -0.341. The zero-order valence-corrected chi connectivity index (χ0v) is 21.5. The number of rotatable bonds is 22. The second-order valence-corrected chi connectivity index (χ2v) is 10.2. The van der Waals surface area contributed by atoms with Crippen LogP contribution in [-0.4, -0.2) is 12.1 Å². The molecule has 0 atom stereocenters. The first-order valence-corrected chi connectivity index (χ1v) is 13.7. The normalized spacial score (nSPS) is 11.9. The minimum atomic E-state index is -0.341. The van der Waals surface area contributed by atoms with Gasteiger partial charge in [0.25, 0.3) is 0 Å². The average Bonchev–Trinajstić information content (AvgIpc) is 2.72. The molecule has 0 heterocycles. The van der Waals surface area contributed by atoms with Crippen LogP contribution >= 0.6 is 0 Å². The van der Waals surface area contributed by atoms with E-state index < -0.39 is 0 Å². The summed E-state index contributed by atoms with van der Waals surface area (Å²) in [6, 6.07) is 0. The van der Waals surface area contributed by atoms with Gasteiger partial charge in [0.2, 0.25) is 0 Å². The number of esters is 1. The van der Waals surface area contributed by atoms with Crippen molar-refractivity contribution in [3.05, 3.63) is 0 Å². The van der Waals surface area contributed by atoms with Gasteiger partial charge in [-0.3, -0.25) is 4.79 Å². The fourth-order valence-corrected chi connectivity index (χ4v) is 4.15. The highest BCUT2D eigenvalue weighted by Crippen LogP contribution is 2.28. The van der Waals surface area contributed by atoms with Crippen molar-refractivity contribution in [1.29, 1.82) is 0 Å². The highest BCUT2D eigenvalue weighted by Gasteiger charge is 2.30. The van der Waals surface area contributed by atoms with Crippen molar-refractivity contribution in [3.63, 3.8) is 0 Å². The maximum atomic E-state index is 12.9. The van der Waals surface area contributed by atoms with E-state index in [1.165, 1.54) is 103 Å². The number of carbonyl (C=O) groups is 1. The second kappa shape index (κ2) is 20.4. The predicted octanol–water partition coefficient (Wildman–Crippen LogP) is 9.79. The molecule has 0 aliphatic carbocycles. The smallest absolute Gasteiger partial charge is 0.311 e. The van der Waals surface area contributed by atoms with Crippen LogP contribution in [0.25, 0.3) is 0 Å². The van der Waals surface area contributed by atoms with Crippen LogP contribution in [0, 0.1) is 5.41 Å². The van der Waals surface area contributed by atoms with Gasteiger partial charge < -0.3 is 4.74 Å². The van der Waals surface area contributed by atoms with Gasteiger partial charge in [-0.2, -0.15) is 0 Å². The van der Waals surface area contributed by atoms with Crippen molar-refractivity contribution in [1.82, 2.24) is 0 Å². The standard InChI is InChI=1S/C28H56O2/c1-6-9-12-15-17-20-23-26(24-21-18-16-13-10-7-2)30-27(29)28(4,5)25-22-19-14-11-8-3/h26H,6-25H2,1-5H3. The van der Waals surface area contributed by atoms with E-state index in [1.54, 1.807) is 0 Å². The predicted molar refractivity (Wildman–Crippen MR) is 133 cm³/mol. The number of hydrogen-bond acceptors (Lipinski definition) is 2. The summed E-state index contributed by atoms with van der Waals surface area (Å²) >= 11 is 0. The summed E-state index contributed by atoms with van der Waals surface area (Å²) in [4.78, 5) is 12.9. The monoisotopic (exact) mass is 424 g/mol. The lowest BCUT2D eigenvalue weighted by Gasteiger charge is -2.27. The summed E-state index contributed by atoms with van der Waals surface area (Å²) < 4.78 is 6.11. The Morgan fingerprint density at radius 2 is 0.967 bits per heavy atom. The lowest BCUT2D eigenvalue weighted by molar-refractivity contribution is -0.161. The van der Waals surface area contributed by atoms with Crippen LogP contribution in [0.15, 0.2) is 0 Å². The molecule has 0 fully saturated rings. The van der Waals surface area contributed by atoms with E-state index in [2.05, 4.69) is 34.6 Å². The van der Waals surface area contributed by atoms with Gasteiger partial charge in [-0.05, 0) is 46.0 Å². The lowest BCUT2D eigenvalue weighted by Crippen LogP contribution is -2.31. The average molecular weight is 425 g/mol. The van der Waals surface area contributed by atoms with E-state index in [-0.39, 0.29) is 17.5 Å². The Morgan fingerprint density at radius 1 is 0.600 bits per heavy atom. The molecule has 0 amide bonds. The molecule has 0 radical (unpaired) electrons. The van der Waals surface area contributed by atoms with Crippen LogP contribution in [-0.2, 0) is 9.53 Å². The van der Waals surface area contributed by atoms with Crippen LogP contribution < -0.4 is 0 Å². The Hall–Kier alpha value is -0.530. The van der Waals surface area contributed by atoms with Crippen LogP contribution in [0.5, 0.6) is 0 Å². The van der Waals surface area contributed by atoms with Gasteiger partial charge in [-0.25, -0.2) is 0 Å². The summed E-state index contributed by atoms with van der Waals surface area (Å²) in [7, 11) is 0. The Bertz CT molecular complexity index is 359. The van der Waals surface area contributed by atoms with Gasteiger partial charge in [-0.15, -0.1) is 0 Å². The highest BCUT2D eigenvalue weighted by molar-refractivity contribution is 5.76. The van der Waals surface area contributed by atoms with Gasteiger partial charge >= 0.3 is 5.97 Å². The van der Waals surface area contributed by atoms with E-state index in [9.17, 15) is 4.79 Å². The summed E-state index contributed by atoms with van der Waals surface area (Å²) in [6.07, 6.45) is 25.1. The van der Waals surface area contributed by atoms with Crippen LogP contribution in [0.1, 0.15) is 163 Å². The largest absolute Gasteiger partial charge is 0.462 e. The Kier molecular flexibility index (Phi) is 20.0. The molecule has 0 spiro atoms. The van der Waals surface area contributed by atoms with E-state index in [0.717, 1.165) is 25.7 Å². The van der Waals surface area contributed by atoms with Crippen molar-refractivity contribution in [3.8, 4) is 0 Å². The van der Waals surface area contributed by atoms with E-state index in [1.807, 2.05) is 0 Å². The fraction of sp³-hybridized carbons (Fsp3) is 0.964. The molecule has 180 valence electrons. The van der Waals surface area contributed by atoms with E-state index in [0.29, 0.717) is 0 Å². The molecule has 2 heteroatoms. The first kappa shape index (κ1) is 29.5. The number of hydrogen-bond donors (Lipinski definition) is 0. The quantitative estimate of drug-likeness (QED) is 0.128. The Morgan fingerprint density at radius 3 is 1.40 bits per heavy atom. The van der Waals surface area contributed by atoms with E-state index in [4.69, 9.17) is 4.74 Å². The zero-order chi connectivity index (χ0) is 22.5. The maximum Gasteiger partial charge on any atom is 0.311 e. The molecule has 0 aromatic heterocycles. The van der Waals surface area contributed by atoms with Crippen molar-refractivity contribution in [2.75, 3.05) is 0 Å². The third-order valence-electron chi connectivity index (χ3n) is 6.49. The van der Waals surface area contributed by atoms with Crippen molar-refractivity contribution < 1.29 is 9.53 Å². The molecule has 2 nitrogen and oxygen atoms in total. The van der Waals surface area contributed by atoms with Crippen molar-refractivity contribution in [2.45, 2.75) is 169 Å². The van der Waals surface area contributed by atoms with Gasteiger partial charge in [0.05, 0.1) is 5.41 Å². The third kappa shape index (κ3) is 17.2. The molecule has 0 saturated carbocycles. The van der Waals surface area contributed by atoms with Gasteiger partial charge in [0.15, 0.2) is 0 Å². The molecule has 0 bridgehead atoms. The highest BCUT2D eigenvalue weighted by atomic mass is 16.5. The van der Waals surface area contributed by atoms with Gasteiger partial charge in [0.1, 0.15) is 6.10 Å². The van der Waals surface area contributed by atoms with Crippen LogP contribution in [0.4, 0.5) is 0 Å². The molecule has 0 rings (SSSR count). The molecule has 0 saturated heterocycles. The third-order valence-corrected chi connectivity index (χ3v) is 6.49. The van der Waals surface area contributed by atoms with Crippen LogP contribution in [0.2, 0.25) is 0 Å². The molecular weight excluding hydrogens is 368 g/mol. The molecule has 0 unspecified atom stereocenters. The minimum Gasteiger partial charge on any atom is -0.462 e. The van der Waals surface area contributed by atoms with Gasteiger partial charge in [0, 0.05) is 0 Å². The van der Waals surface area contributed by atoms with E-state index >= 15 is 0 Å². The Labute approximate surface area is 190 Å². The lowest BCUT2D eigenvalue weighted by atomic mass is 9.86. The molecule has 0 aliphatic heterocycles. The second-order valence-electron chi connectivity index (χ2n) is 10.2. The SMILES string of the molecule is CCCCCCCCC(CCCCCCCC)OC(=O)C(C)(C)CCCCCCC. The summed E-state index contributed by atoms with van der Waals surface area (Å²) in [5, 5.41) is 0. The molecule has 0 aromatic rings. The van der Waals surface area contributed by atoms with Crippen LogP contribution in [0.3, 0.4) is 0 Å². The first-order chi connectivity index (χ1) is 14.5. The maximum absolute atomic E-state index is 12.9. The number of carbonyl (C=O) groups excluding carboxylic acids is 1. The topological polar surface area (TPSA) is 26.3 Å². The zero-order valence-electron chi connectivity index (χ0n) is 21.5. The number of unbranched alkanes of at least 4 members (excludes halogenated alkanes) is 14. The molecule has 0 N–H and O–H groups in total. The van der Waals surface area contributed by atoms with Crippen molar-refractivity contribution >= 4 is 5.97 Å². The summed E-state index contributed by atoms with van der Waals surface area (Å²) in [6.45, 7) is 10.9. The first-order valence-electron chi connectivity index (χ1n) is 13.7. The summed E-state index contributed by atoms with van der Waals surface area (Å²) in [5.74, 6) is 0.0416. The molecule has 0 aromatic carbocycles. The Balaban J connectivity index is 4.38. The minimum absolute atomic E-state index is 0.0416. The fourth-order valence-electron chi connectivity index (χ4n) is 4.15.